The number of nitrogens with zero attached hydrogens (tertiary/aromatic N) is 2. The first-order chi connectivity index (χ1) is 11.2. The molecule has 0 fully saturated rings. The summed E-state index contributed by atoms with van der Waals surface area (Å²) in [7, 11) is 1.14. The second-order valence-electron chi connectivity index (χ2n) is 5.35. The fourth-order valence-electron chi connectivity index (χ4n) is 2.38. The third-order valence-electron chi connectivity index (χ3n) is 3.49. The van der Waals surface area contributed by atoms with Crippen molar-refractivity contribution in [3.63, 3.8) is 0 Å². The van der Waals surface area contributed by atoms with Gasteiger partial charge in [0.2, 0.25) is 0 Å². The van der Waals surface area contributed by atoms with Crippen molar-refractivity contribution in [2.45, 2.75) is 20.0 Å². The predicted octanol–water partition coefficient (Wildman–Crippen LogP) is 2.86. The van der Waals surface area contributed by atoms with E-state index in [0.717, 1.165) is 24.4 Å². The topological polar surface area (TPSA) is 56.1 Å². The Kier molecular flexibility index (Phi) is 5.16. The molecule has 1 heterocycles. The molecule has 5 nitrogen and oxygen atoms in total. The Morgan fingerprint density at radius 2 is 1.92 bits per heavy atom. The van der Waals surface area contributed by atoms with E-state index >= 15 is 0 Å². The molecule has 0 saturated carbocycles. The monoisotopic (exact) mass is 341 g/mol. The van der Waals surface area contributed by atoms with Crippen LogP contribution in [0.4, 0.5) is 13.2 Å². The Hall–Kier alpha value is -2.51. The lowest BCUT2D eigenvalue weighted by Crippen LogP contribution is -2.30. The van der Waals surface area contributed by atoms with Crippen LogP contribution in [0.1, 0.15) is 27.2 Å². The van der Waals surface area contributed by atoms with E-state index in [1.54, 1.807) is 0 Å². The molecule has 2 aromatic rings. The molecule has 8 heteroatoms. The number of alkyl halides is 3. The molecular weight excluding hydrogens is 323 g/mol. The number of ether oxygens (including phenoxy) is 1. The van der Waals surface area contributed by atoms with Gasteiger partial charge in [0.1, 0.15) is 12.4 Å². The van der Waals surface area contributed by atoms with E-state index in [2.05, 4.69) is 10.4 Å². The first-order valence-electron chi connectivity index (χ1n) is 7.28. The maximum atomic E-state index is 12.9. The van der Waals surface area contributed by atoms with Gasteiger partial charge < -0.3 is 10.1 Å². The lowest BCUT2D eigenvalue weighted by Gasteiger charge is -2.13. The summed E-state index contributed by atoms with van der Waals surface area (Å²) in [6.45, 7) is 4.02. The van der Waals surface area contributed by atoms with Gasteiger partial charge >= 0.3 is 6.18 Å². The van der Waals surface area contributed by atoms with Crippen molar-refractivity contribution >= 4 is 5.91 Å². The molecule has 1 N–H and O–H groups in total. The molecule has 1 aromatic carbocycles. The highest BCUT2D eigenvalue weighted by atomic mass is 19.4. The number of carbonyl (C=O) groups excluding carboxylic acids is 1. The van der Waals surface area contributed by atoms with Crippen molar-refractivity contribution < 1.29 is 22.7 Å². The Balaban J connectivity index is 1.95. The predicted molar refractivity (Wildman–Crippen MR) is 82.0 cm³/mol. The largest absolute Gasteiger partial charge is 0.491 e. The van der Waals surface area contributed by atoms with Crippen molar-refractivity contribution in [1.29, 1.82) is 0 Å². The van der Waals surface area contributed by atoms with Crippen LogP contribution < -0.4 is 10.1 Å². The highest BCUT2D eigenvalue weighted by molar-refractivity contribution is 5.95. The molecule has 0 aliphatic rings. The number of rotatable bonds is 5. The summed E-state index contributed by atoms with van der Waals surface area (Å²) in [6, 6.07) is 5.69. The van der Waals surface area contributed by atoms with E-state index < -0.39 is 23.3 Å². The smallest absolute Gasteiger partial charge is 0.433 e. The second kappa shape index (κ2) is 6.94. The van der Waals surface area contributed by atoms with Gasteiger partial charge in [-0.1, -0.05) is 18.2 Å². The van der Waals surface area contributed by atoms with Crippen LogP contribution >= 0.6 is 0 Å². The molecule has 24 heavy (non-hydrogen) atoms. The lowest BCUT2D eigenvalue weighted by atomic mass is 10.1. The summed E-state index contributed by atoms with van der Waals surface area (Å²) in [5.74, 6) is -0.121. The van der Waals surface area contributed by atoms with Gasteiger partial charge in [0.15, 0.2) is 5.69 Å². The lowest BCUT2D eigenvalue weighted by molar-refractivity contribution is -0.144. The van der Waals surface area contributed by atoms with E-state index in [9.17, 15) is 18.0 Å². The number of aromatic nitrogens is 2. The zero-order valence-electron chi connectivity index (χ0n) is 13.6. The van der Waals surface area contributed by atoms with E-state index in [4.69, 9.17) is 4.74 Å². The summed E-state index contributed by atoms with van der Waals surface area (Å²) in [6.07, 6.45) is -3.74. The Labute approximate surface area is 137 Å². The van der Waals surface area contributed by atoms with Gasteiger partial charge in [-0.2, -0.15) is 18.3 Å². The maximum Gasteiger partial charge on any atom is 0.433 e. The van der Waals surface area contributed by atoms with E-state index in [1.807, 2.05) is 32.0 Å². The molecule has 0 atom stereocenters. The Bertz CT molecular complexity index is 718. The van der Waals surface area contributed by atoms with Gasteiger partial charge in [-0.3, -0.25) is 9.48 Å². The van der Waals surface area contributed by atoms with Crippen LogP contribution in [0.25, 0.3) is 0 Å². The van der Waals surface area contributed by atoms with Gasteiger partial charge in [0.05, 0.1) is 18.3 Å². The normalized spacial score (nSPS) is 11.4. The number of hydrogen-bond acceptors (Lipinski definition) is 3. The number of hydrogen-bond donors (Lipinski definition) is 1. The Morgan fingerprint density at radius 3 is 2.50 bits per heavy atom. The van der Waals surface area contributed by atoms with Crippen molar-refractivity contribution in [2.75, 3.05) is 13.2 Å². The Morgan fingerprint density at radius 1 is 1.29 bits per heavy atom. The fraction of sp³-hybridized carbons (Fsp3) is 0.375. The fourth-order valence-corrected chi connectivity index (χ4v) is 2.38. The van der Waals surface area contributed by atoms with E-state index in [1.165, 1.54) is 0 Å². The molecule has 0 radical (unpaired) electrons. The van der Waals surface area contributed by atoms with Crippen LogP contribution in [-0.4, -0.2) is 28.8 Å². The number of aryl methyl sites for hydroxylation is 3. The third-order valence-corrected chi connectivity index (χ3v) is 3.49. The van der Waals surface area contributed by atoms with Crippen molar-refractivity contribution in [1.82, 2.24) is 15.1 Å². The highest BCUT2D eigenvalue weighted by Crippen LogP contribution is 2.31. The SMILES string of the molecule is Cc1cccc(C)c1OCCNC(=O)c1cnn(C)c1C(F)(F)F. The number of amides is 1. The van der Waals surface area contributed by atoms with Crippen LogP contribution in [0.15, 0.2) is 24.4 Å². The van der Waals surface area contributed by atoms with Crippen molar-refractivity contribution in [3.05, 3.63) is 46.8 Å². The summed E-state index contributed by atoms with van der Waals surface area (Å²) in [5, 5.41) is 5.92. The minimum atomic E-state index is -4.65. The van der Waals surface area contributed by atoms with Gasteiger partial charge in [-0.05, 0) is 25.0 Å². The average Bonchev–Trinajstić information content (AvgIpc) is 2.87. The minimum absolute atomic E-state index is 0.0821. The summed E-state index contributed by atoms with van der Waals surface area (Å²) >= 11 is 0. The van der Waals surface area contributed by atoms with Gasteiger partial charge in [-0.25, -0.2) is 0 Å². The van der Waals surface area contributed by atoms with Gasteiger partial charge in [0, 0.05) is 7.05 Å². The van der Waals surface area contributed by atoms with Crippen LogP contribution in [0.5, 0.6) is 5.75 Å². The highest BCUT2D eigenvalue weighted by Gasteiger charge is 2.39. The van der Waals surface area contributed by atoms with E-state index in [0.29, 0.717) is 10.4 Å². The van der Waals surface area contributed by atoms with Crippen molar-refractivity contribution in [2.24, 2.45) is 7.05 Å². The molecule has 0 unspecified atom stereocenters. The zero-order valence-corrected chi connectivity index (χ0v) is 13.6. The number of halogens is 3. The van der Waals surface area contributed by atoms with E-state index in [-0.39, 0.29) is 13.2 Å². The van der Waals surface area contributed by atoms with Crippen LogP contribution in [0, 0.1) is 13.8 Å². The first-order valence-corrected chi connectivity index (χ1v) is 7.28. The average molecular weight is 341 g/mol. The van der Waals surface area contributed by atoms with Crippen LogP contribution in [-0.2, 0) is 13.2 Å². The molecule has 0 aliphatic carbocycles. The number of para-hydroxylation sites is 1. The summed E-state index contributed by atoms with van der Waals surface area (Å²) in [5.41, 5.74) is 0.327. The molecule has 1 aromatic heterocycles. The number of benzene rings is 1. The third kappa shape index (κ3) is 3.87. The van der Waals surface area contributed by atoms with Crippen LogP contribution in [0.2, 0.25) is 0 Å². The number of nitrogens with one attached hydrogen (secondary N) is 1. The first kappa shape index (κ1) is 17.8. The molecule has 0 saturated heterocycles. The number of carbonyl (C=O) groups is 1. The van der Waals surface area contributed by atoms with Gasteiger partial charge in [0.25, 0.3) is 5.91 Å². The summed E-state index contributed by atoms with van der Waals surface area (Å²) in [4.78, 5) is 12.0. The minimum Gasteiger partial charge on any atom is -0.491 e. The molecule has 0 bridgehead atoms. The molecule has 1 amide bonds. The standard InChI is InChI=1S/C16H18F3N3O2/c1-10-5-4-6-11(2)13(10)24-8-7-20-15(23)12-9-21-22(3)14(12)16(17,18)19/h4-6,9H,7-8H2,1-3H3,(H,20,23). The molecule has 2 rings (SSSR count). The second-order valence-corrected chi connectivity index (χ2v) is 5.35. The van der Waals surface area contributed by atoms with Crippen LogP contribution in [0.3, 0.4) is 0 Å². The van der Waals surface area contributed by atoms with Crippen molar-refractivity contribution in [3.8, 4) is 5.75 Å². The van der Waals surface area contributed by atoms with Gasteiger partial charge in [-0.15, -0.1) is 0 Å². The molecular formula is C16H18F3N3O2. The summed E-state index contributed by atoms with van der Waals surface area (Å²) < 4.78 is 45.0. The molecule has 0 aliphatic heterocycles. The quantitative estimate of drug-likeness (QED) is 0.851. The molecule has 0 spiro atoms. The zero-order chi connectivity index (χ0) is 17.9. The molecule has 130 valence electrons. The maximum absolute atomic E-state index is 12.9.